The maximum Gasteiger partial charge on any atom is 0.257 e. The van der Waals surface area contributed by atoms with Gasteiger partial charge in [-0.2, -0.15) is 0 Å². The molecule has 2 amide bonds. The summed E-state index contributed by atoms with van der Waals surface area (Å²) in [6, 6.07) is -0.220. The number of carbonyl (C=O) groups is 2. The Morgan fingerprint density at radius 1 is 1.33 bits per heavy atom. The highest BCUT2D eigenvalue weighted by atomic mass is 32.2. The molecule has 3 heterocycles. The van der Waals surface area contributed by atoms with Crippen LogP contribution in [0.25, 0.3) is 0 Å². The van der Waals surface area contributed by atoms with Gasteiger partial charge in [0.2, 0.25) is 5.91 Å². The van der Waals surface area contributed by atoms with Gasteiger partial charge in [-0.3, -0.25) is 19.0 Å². The topological polar surface area (TPSA) is 93.4 Å². The molecule has 0 bridgehead atoms. The Kier molecular flexibility index (Phi) is 4.61. The van der Waals surface area contributed by atoms with E-state index in [1.54, 1.807) is 10.6 Å². The molecule has 0 radical (unpaired) electrons. The lowest BCUT2D eigenvalue weighted by atomic mass is 9.85. The number of rotatable bonds is 2. The lowest BCUT2D eigenvalue weighted by Gasteiger charge is -2.28. The third-order valence-electron chi connectivity index (χ3n) is 6.29. The van der Waals surface area contributed by atoms with Gasteiger partial charge in [-0.1, -0.05) is 23.4 Å². The van der Waals surface area contributed by atoms with Crippen LogP contribution in [0, 0.1) is 5.92 Å². The number of allylic oxidation sites excluding steroid dienone is 3. The first-order valence-electron chi connectivity index (χ1n) is 10.2. The molecular formula is C22H22N4O3S. The second-order valence-corrected chi connectivity index (χ2v) is 9.13. The summed E-state index contributed by atoms with van der Waals surface area (Å²) in [4.78, 5) is 46.5. The SMILES string of the molecule is CC1=C(C)C2C=CC(=NC(=O)CC3CSc4nc5c(c(=O)n43)CCC5)C=C2NC1=O. The fourth-order valence-corrected chi connectivity index (χ4v) is 5.64. The number of nitrogens with zero attached hydrogens (tertiary/aromatic N) is 3. The minimum atomic E-state index is -0.277. The van der Waals surface area contributed by atoms with Crippen molar-refractivity contribution in [3.05, 3.63) is 56.7 Å². The molecule has 154 valence electrons. The predicted octanol–water partition coefficient (Wildman–Crippen LogP) is 2.27. The molecule has 30 heavy (non-hydrogen) atoms. The van der Waals surface area contributed by atoms with Crippen LogP contribution in [0.4, 0.5) is 0 Å². The number of aliphatic imine (C=N–C) groups is 1. The van der Waals surface area contributed by atoms with Gasteiger partial charge in [-0.25, -0.2) is 9.98 Å². The third kappa shape index (κ3) is 3.10. The van der Waals surface area contributed by atoms with Crippen LogP contribution in [0.1, 0.15) is 44.0 Å². The van der Waals surface area contributed by atoms with E-state index in [9.17, 15) is 14.4 Å². The Bertz CT molecular complexity index is 1170. The molecule has 8 heteroatoms. The van der Waals surface area contributed by atoms with Gasteiger partial charge >= 0.3 is 0 Å². The van der Waals surface area contributed by atoms with Gasteiger partial charge in [0.15, 0.2) is 5.16 Å². The zero-order chi connectivity index (χ0) is 21.0. The van der Waals surface area contributed by atoms with Crippen molar-refractivity contribution in [2.24, 2.45) is 10.9 Å². The lowest BCUT2D eigenvalue weighted by Crippen LogP contribution is -2.35. The van der Waals surface area contributed by atoms with Crippen LogP contribution in [-0.4, -0.2) is 32.8 Å². The Balaban J connectivity index is 1.36. The van der Waals surface area contributed by atoms with Gasteiger partial charge in [0.25, 0.3) is 11.5 Å². The van der Waals surface area contributed by atoms with E-state index < -0.39 is 0 Å². The minimum absolute atomic E-state index is 0.00743. The minimum Gasteiger partial charge on any atom is -0.325 e. The molecule has 0 aromatic carbocycles. The van der Waals surface area contributed by atoms with E-state index in [0.29, 0.717) is 11.5 Å². The molecule has 0 saturated heterocycles. The van der Waals surface area contributed by atoms with Crippen molar-refractivity contribution in [2.45, 2.75) is 50.7 Å². The van der Waals surface area contributed by atoms with Crippen molar-refractivity contribution < 1.29 is 9.59 Å². The Morgan fingerprint density at radius 3 is 3.00 bits per heavy atom. The number of nitrogens with one attached hydrogen (secondary N) is 1. The van der Waals surface area contributed by atoms with Gasteiger partial charge in [-0.05, 0) is 45.3 Å². The second kappa shape index (κ2) is 7.19. The van der Waals surface area contributed by atoms with E-state index in [1.165, 1.54) is 11.8 Å². The van der Waals surface area contributed by atoms with Crippen molar-refractivity contribution in [1.29, 1.82) is 0 Å². The molecule has 1 N–H and O–H groups in total. The second-order valence-electron chi connectivity index (χ2n) is 8.15. The molecule has 4 aliphatic rings. The first kappa shape index (κ1) is 19.2. The standard InChI is InChI=1S/C22H22N4O3S/c1-11-12(2)20(28)24-18-8-13(6-7-15(11)18)23-19(27)9-14-10-30-22-25-17-5-3-4-16(17)21(29)26(14)22/h6-8,14-15H,3-5,9-10H2,1-2H3,(H,24,28). The van der Waals surface area contributed by atoms with Gasteiger partial charge < -0.3 is 5.32 Å². The average Bonchev–Trinajstić information content (AvgIpc) is 3.34. The van der Waals surface area contributed by atoms with Crippen molar-refractivity contribution in [3.63, 3.8) is 0 Å². The largest absolute Gasteiger partial charge is 0.325 e. The first-order valence-corrected chi connectivity index (χ1v) is 11.2. The number of thioether (sulfide) groups is 1. The van der Waals surface area contributed by atoms with Crippen LogP contribution in [-0.2, 0) is 22.4 Å². The van der Waals surface area contributed by atoms with Crippen LogP contribution in [0.2, 0.25) is 0 Å². The molecule has 7 nitrogen and oxygen atoms in total. The lowest BCUT2D eigenvalue weighted by molar-refractivity contribution is -0.118. The Hall–Kier alpha value is -2.74. The number of hydrogen-bond acceptors (Lipinski definition) is 5. The van der Waals surface area contributed by atoms with Crippen LogP contribution >= 0.6 is 11.8 Å². The summed E-state index contributed by atoms with van der Waals surface area (Å²) in [7, 11) is 0. The van der Waals surface area contributed by atoms with Gasteiger partial charge in [0.1, 0.15) is 0 Å². The summed E-state index contributed by atoms with van der Waals surface area (Å²) in [5.74, 6) is 0.276. The summed E-state index contributed by atoms with van der Waals surface area (Å²) in [6.45, 7) is 3.76. The van der Waals surface area contributed by atoms with Crippen LogP contribution in [0.5, 0.6) is 0 Å². The van der Waals surface area contributed by atoms with Gasteiger partial charge in [0.05, 0.1) is 23.9 Å². The molecule has 2 atom stereocenters. The number of amides is 2. The van der Waals surface area contributed by atoms with E-state index in [2.05, 4.69) is 15.3 Å². The summed E-state index contributed by atoms with van der Waals surface area (Å²) in [6.07, 6.45) is 8.30. The molecule has 0 spiro atoms. The summed E-state index contributed by atoms with van der Waals surface area (Å²) in [5, 5.41) is 3.60. The Labute approximate surface area is 178 Å². The van der Waals surface area contributed by atoms with Crippen molar-refractivity contribution >= 4 is 29.3 Å². The van der Waals surface area contributed by atoms with E-state index >= 15 is 0 Å². The molecule has 5 rings (SSSR count). The number of fused-ring (bicyclic) bond motifs is 3. The maximum absolute atomic E-state index is 12.9. The van der Waals surface area contributed by atoms with E-state index in [0.717, 1.165) is 52.5 Å². The molecule has 0 saturated carbocycles. The summed E-state index contributed by atoms with van der Waals surface area (Å²) < 4.78 is 1.69. The molecule has 2 unspecified atom stereocenters. The predicted molar refractivity (Wildman–Crippen MR) is 115 cm³/mol. The Morgan fingerprint density at radius 2 is 2.17 bits per heavy atom. The quantitative estimate of drug-likeness (QED) is 0.738. The van der Waals surface area contributed by atoms with E-state index in [-0.39, 0.29) is 35.8 Å². The van der Waals surface area contributed by atoms with Crippen LogP contribution in [0.15, 0.2) is 50.0 Å². The number of carbonyl (C=O) groups excluding carboxylic acids is 2. The normalized spacial score (nSPS) is 25.7. The zero-order valence-electron chi connectivity index (χ0n) is 16.9. The first-order chi connectivity index (χ1) is 14.4. The molecule has 1 aromatic heterocycles. The maximum atomic E-state index is 12.9. The number of hydrogen-bond donors (Lipinski definition) is 1. The van der Waals surface area contributed by atoms with E-state index in [1.807, 2.05) is 26.0 Å². The molecule has 0 fully saturated rings. The highest BCUT2D eigenvalue weighted by molar-refractivity contribution is 7.99. The average molecular weight is 423 g/mol. The number of aryl methyl sites for hydroxylation is 1. The summed E-state index contributed by atoms with van der Waals surface area (Å²) >= 11 is 1.53. The van der Waals surface area contributed by atoms with Gasteiger partial charge in [-0.15, -0.1) is 0 Å². The highest BCUT2D eigenvalue weighted by Gasteiger charge is 2.31. The van der Waals surface area contributed by atoms with Crippen LogP contribution in [0.3, 0.4) is 0 Å². The third-order valence-corrected chi connectivity index (χ3v) is 7.39. The van der Waals surface area contributed by atoms with Crippen LogP contribution < -0.4 is 10.9 Å². The highest BCUT2D eigenvalue weighted by Crippen LogP contribution is 2.34. The van der Waals surface area contributed by atoms with Gasteiger partial charge in [0, 0.05) is 28.5 Å². The fourth-order valence-electron chi connectivity index (χ4n) is 4.49. The zero-order valence-corrected chi connectivity index (χ0v) is 17.7. The smallest absolute Gasteiger partial charge is 0.257 e. The fraction of sp³-hybridized carbons (Fsp3) is 0.409. The molecule has 1 aromatic rings. The van der Waals surface area contributed by atoms with Crippen molar-refractivity contribution in [3.8, 4) is 0 Å². The summed E-state index contributed by atoms with van der Waals surface area (Å²) in [5.41, 5.74) is 4.73. The van der Waals surface area contributed by atoms with E-state index in [4.69, 9.17) is 0 Å². The van der Waals surface area contributed by atoms with Crippen molar-refractivity contribution in [2.75, 3.05) is 5.75 Å². The molecular weight excluding hydrogens is 400 g/mol. The van der Waals surface area contributed by atoms with Crippen molar-refractivity contribution in [1.82, 2.24) is 14.9 Å². The number of aromatic nitrogens is 2. The molecule has 2 aliphatic heterocycles. The monoisotopic (exact) mass is 422 g/mol. The molecule has 2 aliphatic carbocycles.